The summed E-state index contributed by atoms with van der Waals surface area (Å²) >= 11 is 0. The fourth-order valence-corrected chi connectivity index (χ4v) is 3.07. The van der Waals surface area contributed by atoms with E-state index in [1.807, 2.05) is 18.7 Å². The minimum Gasteiger partial charge on any atom is -0.453 e. The topological polar surface area (TPSA) is 66.2 Å². The molecule has 2 heterocycles. The zero-order valence-electron chi connectivity index (χ0n) is 15.5. The van der Waals surface area contributed by atoms with Crippen molar-refractivity contribution in [1.82, 2.24) is 14.7 Å². The molecule has 0 atom stereocenters. The van der Waals surface area contributed by atoms with Gasteiger partial charge in [-0.05, 0) is 32.4 Å². The maximum atomic E-state index is 12.6. The average molecular weight is 351 g/mol. The van der Waals surface area contributed by atoms with Gasteiger partial charge >= 0.3 is 0 Å². The Hall–Kier alpha value is -1.86. The first kappa shape index (κ1) is 19.5. The van der Waals surface area contributed by atoms with Gasteiger partial charge in [-0.15, -0.1) is 0 Å². The third-order valence-corrected chi connectivity index (χ3v) is 4.51. The Morgan fingerprint density at radius 1 is 1.16 bits per heavy atom. The SMILES string of the molecule is CCN(CC)C(=O)CN1CCCN(C(=O)c2ccc(COC)o2)CC1. The molecule has 2 amide bonds. The molecule has 0 N–H and O–H groups in total. The second kappa shape index (κ2) is 9.58. The van der Waals surface area contributed by atoms with Crippen molar-refractivity contribution >= 4 is 11.8 Å². The van der Waals surface area contributed by atoms with Gasteiger partial charge in [0.05, 0.1) is 6.54 Å². The predicted octanol–water partition coefficient (Wildman–Crippen LogP) is 1.44. The van der Waals surface area contributed by atoms with Crippen LogP contribution < -0.4 is 0 Å². The quantitative estimate of drug-likeness (QED) is 0.744. The van der Waals surface area contributed by atoms with E-state index in [4.69, 9.17) is 9.15 Å². The van der Waals surface area contributed by atoms with Crippen LogP contribution in [0.1, 0.15) is 36.6 Å². The van der Waals surface area contributed by atoms with Gasteiger partial charge in [0.1, 0.15) is 12.4 Å². The van der Waals surface area contributed by atoms with E-state index in [0.29, 0.717) is 44.3 Å². The van der Waals surface area contributed by atoms with Crippen molar-refractivity contribution in [1.29, 1.82) is 0 Å². The largest absolute Gasteiger partial charge is 0.453 e. The maximum absolute atomic E-state index is 12.6. The molecule has 0 unspecified atom stereocenters. The molecule has 0 aliphatic carbocycles. The third-order valence-electron chi connectivity index (χ3n) is 4.51. The standard InChI is InChI=1S/C18H29N3O4/c1-4-20(5-2)17(22)13-19-9-6-10-21(12-11-19)18(23)16-8-7-15(25-16)14-24-3/h7-8H,4-6,9-14H2,1-3H3. The van der Waals surface area contributed by atoms with Crippen molar-refractivity contribution in [3.8, 4) is 0 Å². The van der Waals surface area contributed by atoms with Gasteiger partial charge in [-0.3, -0.25) is 14.5 Å². The number of carbonyl (C=O) groups excluding carboxylic acids is 2. The van der Waals surface area contributed by atoms with Crippen LogP contribution in [0.5, 0.6) is 0 Å². The Morgan fingerprint density at radius 2 is 1.92 bits per heavy atom. The van der Waals surface area contributed by atoms with E-state index in [-0.39, 0.29) is 11.8 Å². The molecule has 140 valence electrons. The Balaban J connectivity index is 1.89. The van der Waals surface area contributed by atoms with Crippen molar-refractivity contribution in [2.45, 2.75) is 26.9 Å². The number of carbonyl (C=O) groups is 2. The van der Waals surface area contributed by atoms with Crippen LogP contribution in [0.25, 0.3) is 0 Å². The summed E-state index contributed by atoms with van der Waals surface area (Å²) in [6, 6.07) is 3.47. The molecule has 0 spiro atoms. The van der Waals surface area contributed by atoms with Gasteiger partial charge in [0.25, 0.3) is 5.91 Å². The molecule has 1 saturated heterocycles. The fraction of sp³-hybridized carbons (Fsp3) is 0.667. The number of ether oxygens (including phenoxy) is 1. The second-order valence-corrected chi connectivity index (χ2v) is 6.19. The van der Waals surface area contributed by atoms with Crippen LogP contribution >= 0.6 is 0 Å². The molecule has 0 radical (unpaired) electrons. The molecule has 1 aliphatic rings. The lowest BCUT2D eigenvalue weighted by Crippen LogP contribution is -2.42. The van der Waals surface area contributed by atoms with Crippen molar-refractivity contribution in [3.05, 3.63) is 23.7 Å². The minimum atomic E-state index is -0.0979. The number of rotatable bonds is 7. The van der Waals surface area contributed by atoms with E-state index in [2.05, 4.69) is 4.90 Å². The highest BCUT2D eigenvalue weighted by molar-refractivity contribution is 5.91. The van der Waals surface area contributed by atoms with Crippen LogP contribution in [0.2, 0.25) is 0 Å². The Bertz CT molecular complexity index is 568. The van der Waals surface area contributed by atoms with Crippen LogP contribution in [0.3, 0.4) is 0 Å². The van der Waals surface area contributed by atoms with Crippen LogP contribution in [-0.2, 0) is 16.1 Å². The summed E-state index contributed by atoms with van der Waals surface area (Å²) in [6.07, 6.45) is 0.850. The summed E-state index contributed by atoms with van der Waals surface area (Å²) < 4.78 is 10.6. The summed E-state index contributed by atoms with van der Waals surface area (Å²) in [5.74, 6) is 1.05. The highest BCUT2D eigenvalue weighted by Crippen LogP contribution is 2.13. The molecular weight excluding hydrogens is 322 g/mol. The smallest absolute Gasteiger partial charge is 0.289 e. The minimum absolute atomic E-state index is 0.0979. The molecule has 25 heavy (non-hydrogen) atoms. The normalized spacial score (nSPS) is 15.9. The van der Waals surface area contributed by atoms with Crippen LogP contribution in [-0.4, -0.2) is 79.4 Å². The van der Waals surface area contributed by atoms with Gasteiger partial charge in [-0.2, -0.15) is 0 Å². The van der Waals surface area contributed by atoms with E-state index in [9.17, 15) is 9.59 Å². The van der Waals surface area contributed by atoms with Crippen molar-refractivity contribution in [3.63, 3.8) is 0 Å². The number of furan rings is 1. The fourth-order valence-electron chi connectivity index (χ4n) is 3.07. The van der Waals surface area contributed by atoms with Crippen LogP contribution in [0.15, 0.2) is 16.5 Å². The molecule has 0 saturated carbocycles. The number of hydrogen-bond donors (Lipinski definition) is 0. The molecule has 7 nitrogen and oxygen atoms in total. The van der Waals surface area contributed by atoms with E-state index in [0.717, 1.165) is 26.1 Å². The van der Waals surface area contributed by atoms with Gasteiger partial charge in [0.2, 0.25) is 5.91 Å². The lowest BCUT2D eigenvalue weighted by atomic mass is 10.3. The zero-order valence-corrected chi connectivity index (χ0v) is 15.5. The summed E-state index contributed by atoms with van der Waals surface area (Å²) in [7, 11) is 1.59. The lowest BCUT2D eigenvalue weighted by molar-refractivity contribution is -0.132. The molecule has 1 fully saturated rings. The molecular formula is C18H29N3O4. The molecule has 1 aromatic heterocycles. The van der Waals surface area contributed by atoms with Gasteiger partial charge in [-0.1, -0.05) is 0 Å². The Labute approximate surface area is 149 Å². The number of hydrogen-bond acceptors (Lipinski definition) is 5. The monoisotopic (exact) mass is 351 g/mol. The van der Waals surface area contributed by atoms with E-state index in [1.54, 1.807) is 24.1 Å². The molecule has 0 aromatic carbocycles. The summed E-state index contributed by atoms with van der Waals surface area (Å²) in [4.78, 5) is 30.6. The number of methoxy groups -OCH3 is 1. The summed E-state index contributed by atoms with van der Waals surface area (Å²) in [5, 5.41) is 0. The molecule has 7 heteroatoms. The second-order valence-electron chi connectivity index (χ2n) is 6.19. The first-order valence-corrected chi connectivity index (χ1v) is 8.96. The first-order valence-electron chi connectivity index (χ1n) is 8.96. The molecule has 2 rings (SSSR count). The molecule has 1 aromatic rings. The van der Waals surface area contributed by atoms with Crippen LogP contribution in [0, 0.1) is 0 Å². The molecule has 1 aliphatic heterocycles. The highest BCUT2D eigenvalue weighted by Gasteiger charge is 2.24. The zero-order chi connectivity index (χ0) is 18.2. The van der Waals surface area contributed by atoms with Crippen molar-refractivity contribution in [2.75, 3.05) is 52.9 Å². The lowest BCUT2D eigenvalue weighted by Gasteiger charge is -2.25. The predicted molar refractivity (Wildman–Crippen MR) is 94.3 cm³/mol. The maximum Gasteiger partial charge on any atom is 0.289 e. The summed E-state index contributed by atoms with van der Waals surface area (Å²) in [6.45, 7) is 9.02. The van der Waals surface area contributed by atoms with Crippen molar-refractivity contribution in [2.24, 2.45) is 0 Å². The van der Waals surface area contributed by atoms with Crippen LogP contribution in [0.4, 0.5) is 0 Å². The Kier molecular flexibility index (Phi) is 7.46. The van der Waals surface area contributed by atoms with E-state index < -0.39 is 0 Å². The number of likely N-dealkylation sites (N-methyl/N-ethyl adjacent to an activating group) is 1. The molecule has 0 bridgehead atoms. The number of amides is 2. The van der Waals surface area contributed by atoms with E-state index in [1.165, 1.54) is 0 Å². The number of nitrogens with zero attached hydrogens (tertiary/aromatic N) is 3. The van der Waals surface area contributed by atoms with E-state index >= 15 is 0 Å². The third kappa shape index (κ3) is 5.31. The van der Waals surface area contributed by atoms with Gasteiger partial charge < -0.3 is 19.0 Å². The highest BCUT2D eigenvalue weighted by atomic mass is 16.5. The van der Waals surface area contributed by atoms with Crippen molar-refractivity contribution < 1.29 is 18.7 Å². The van der Waals surface area contributed by atoms with Gasteiger partial charge in [0.15, 0.2) is 5.76 Å². The van der Waals surface area contributed by atoms with Gasteiger partial charge in [-0.25, -0.2) is 0 Å². The Morgan fingerprint density at radius 3 is 2.60 bits per heavy atom. The average Bonchev–Trinajstić information content (AvgIpc) is 2.94. The first-order chi connectivity index (χ1) is 12.1. The summed E-state index contributed by atoms with van der Waals surface area (Å²) in [5.41, 5.74) is 0. The van der Waals surface area contributed by atoms with Gasteiger partial charge in [0, 0.05) is 46.4 Å².